The van der Waals surface area contributed by atoms with Crippen LogP contribution in [0.4, 0.5) is 13.2 Å². The summed E-state index contributed by atoms with van der Waals surface area (Å²) in [5.41, 5.74) is -8.97. The first-order valence-electron chi connectivity index (χ1n) is 8.28. The summed E-state index contributed by atoms with van der Waals surface area (Å²) >= 11 is 0. The van der Waals surface area contributed by atoms with E-state index in [0.717, 1.165) is 6.08 Å². The van der Waals surface area contributed by atoms with Gasteiger partial charge >= 0.3 is 15.6 Å². The van der Waals surface area contributed by atoms with Gasteiger partial charge in [0.2, 0.25) is 0 Å². The van der Waals surface area contributed by atoms with Gasteiger partial charge in [-0.15, -0.1) is 0 Å². The van der Waals surface area contributed by atoms with Crippen molar-refractivity contribution in [3.8, 4) is 6.07 Å². The molecule has 0 aromatic heterocycles. The molecule has 0 saturated heterocycles. The van der Waals surface area contributed by atoms with E-state index >= 15 is 0 Å². The van der Waals surface area contributed by atoms with E-state index in [0.29, 0.717) is 0 Å². The van der Waals surface area contributed by atoms with Gasteiger partial charge in [-0.05, 0) is 21.7 Å². The minimum absolute atomic E-state index is 0.419. The summed E-state index contributed by atoms with van der Waals surface area (Å²) < 4.78 is 66.7. The van der Waals surface area contributed by atoms with Crippen molar-refractivity contribution in [2.24, 2.45) is 27.1 Å². The van der Waals surface area contributed by atoms with Gasteiger partial charge in [0.1, 0.15) is 5.76 Å². The molecule has 0 unspecified atom stereocenters. The summed E-state index contributed by atoms with van der Waals surface area (Å²) in [6, 6.07) is 1.66. The second-order valence-electron chi connectivity index (χ2n) is 9.25. The number of hydrogen-bond donors (Lipinski definition) is 0. The van der Waals surface area contributed by atoms with Crippen LogP contribution in [0.3, 0.4) is 0 Å². The van der Waals surface area contributed by atoms with Gasteiger partial charge in [0.25, 0.3) is 0 Å². The Bertz CT molecular complexity index is 740. The molecule has 0 aromatic carbocycles. The maximum atomic E-state index is 12.9. The van der Waals surface area contributed by atoms with Crippen molar-refractivity contribution < 1.29 is 25.8 Å². The maximum absolute atomic E-state index is 12.9. The molecule has 4 nitrogen and oxygen atoms in total. The molecule has 1 aliphatic rings. The third-order valence-electron chi connectivity index (χ3n) is 8.36. The van der Waals surface area contributed by atoms with Gasteiger partial charge in [-0.3, -0.25) is 0 Å². The first kappa shape index (κ1) is 22.8. The highest BCUT2D eigenvalue weighted by Gasteiger charge is 2.75. The van der Waals surface area contributed by atoms with Crippen LogP contribution in [0.25, 0.3) is 0 Å². The molecule has 0 bridgehead atoms. The normalized spacial score (nSPS) is 26.2. The Kier molecular flexibility index (Phi) is 4.94. The summed E-state index contributed by atoms with van der Waals surface area (Å²) in [6.45, 7) is 17.2. The van der Waals surface area contributed by atoms with Gasteiger partial charge < -0.3 is 4.18 Å². The standard InChI is InChI=1S/C18H28F3NO3S/c1-13(2)14(3,4)16(7,8)17(9,15(13,5)6)12(10-11-22)25-26(23,24)18(19,20)21/h10H,1-9H3. The fourth-order valence-corrected chi connectivity index (χ4v) is 5.23. The predicted octanol–water partition coefficient (Wildman–Crippen LogP) is 5.38. The van der Waals surface area contributed by atoms with Crippen molar-refractivity contribution in [2.75, 3.05) is 0 Å². The van der Waals surface area contributed by atoms with Gasteiger partial charge in [-0.25, -0.2) is 0 Å². The van der Waals surface area contributed by atoms with Crippen LogP contribution in [0.5, 0.6) is 0 Å². The summed E-state index contributed by atoms with van der Waals surface area (Å²) in [5.74, 6) is -0.481. The topological polar surface area (TPSA) is 67.2 Å². The number of allylic oxidation sites excluding steroid dienone is 2. The molecule has 0 radical (unpaired) electrons. The fourth-order valence-electron chi connectivity index (χ4n) is 4.69. The third kappa shape index (κ3) is 2.42. The van der Waals surface area contributed by atoms with Crippen molar-refractivity contribution >= 4 is 10.1 Å². The largest absolute Gasteiger partial charge is 0.534 e. The van der Waals surface area contributed by atoms with Crippen LogP contribution >= 0.6 is 0 Å². The van der Waals surface area contributed by atoms with Crippen molar-refractivity contribution in [1.29, 1.82) is 5.26 Å². The van der Waals surface area contributed by atoms with E-state index in [2.05, 4.69) is 4.18 Å². The van der Waals surface area contributed by atoms with E-state index in [-0.39, 0.29) is 0 Å². The van der Waals surface area contributed by atoms with Crippen LogP contribution in [-0.2, 0) is 14.3 Å². The van der Waals surface area contributed by atoms with Gasteiger partial charge in [0, 0.05) is 5.41 Å². The molecule has 150 valence electrons. The fraction of sp³-hybridized carbons (Fsp3) is 0.833. The molecular formula is C18H28F3NO3S. The van der Waals surface area contributed by atoms with Crippen molar-refractivity contribution in [2.45, 2.75) is 67.8 Å². The molecule has 0 heterocycles. The number of rotatable bonds is 3. The van der Waals surface area contributed by atoms with Crippen LogP contribution < -0.4 is 0 Å². The Labute approximate surface area is 154 Å². The number of nitriles is 1. The predicted molar refractivity (Wildman–Crippen MR) is 93.0 cm³/mol. The quantitative estimate of drug-likeness (QED) is 0.278. The van der Waals surface area contributed by atoms with Crippen LogP contribution in [0.1, 0.15) is 62.3 Å². The van der Waals surface area contributed by atoms with E-state index in [1.54, 1.807) is 13.0 Å². The summed E-state index contributed by atoms with van der Waals surface area (Å²) in [4.78, 5) is 0. The molecule has 1 fully saturated rings. The van der Waals surface area contributed by atoms with Crippen molar-refractivity contribution in [3.63, 3.8) is 0 Å². The zero-order valence-corrected chi connectivity index (χ0v) is 17.6. The molecule has 1 saturated carbocycles. The Morgan fingerprint density at radius 1 is 0.885 bits per heavy atom. The SMILES string of the molecule is CC1(C)C(C)(C)C(C)(C)C(C)(C(=CC#N)OS(=O)(=O)C(F)(F)F)C1(C)C. The number of hydrogen-bond acceptors (Lipinski definition) is 4. The average Bonchev–Trinajstić information content (AvgIpc) is 2.47. The van der Waals surface area contributed by atoms with Crippen LogP contribution in [0.15, 0.2) is 11.8 Å². The summed E-state index contributed by atoms with van der Waals surface area (Å²) in [6.07, 6.45) is 0.782. The lowest BCUT2D eigenvalue weighted by Gasteiger charge is -2.49. The molecule has 0 amide bonds. The van der Waals surface area contributed by atoms with E-state index in [4.69, 9.17) is 5.26 Å². The highest BCUT2D eigenvalue weighted by atomic mass is 32.2. The summed E-state index contributed by atoms with van der Waals surface area (Å²) in [5, 5.41) is 9.13. The maximum Gasteiger partial charge on any atom is 0.534 e. The average molecular weight is 395 g/mol. The molecule has 0 atom stereocenters. The number of alkyl halides is 3. The molecule has 0 aliphatic heterocycles. The second kappa shape index (κ2) is 5.63. The van der Waals surface area contributed by atoms with E-state index in [1.807, 2.05) is 55.4 Å². The Morgan fingerprint density at radius 3 is 1.50 bits per heavy atom. The van der Waals surface area contributed by atoms with Gasteiger partial charge in [0.05, 0.1) is 12.1 Å². The Morgan fingerprint density at radius 2 is 1.23 bits per heavy atom. The van der Waals surface area contributed by atoms with E-state index in [9.17, 15) is 21.6 Å². The van der Waals surface area contributed by atoms with Gasteiger partial charge in [-0.2, -0.15) is 26.9 Å². The smallest absolute Gasteiger partial charge is 0.379 e. The highest BCUT2D eigenvalue weighted by molar-refractivity contribution is 7.87. The minimum atomic E-state index is -5.89. The van der Waals surface area contributed by atoms with Gasteiger partial charge in [-0.1, -0.05) is 62.3 Å². The van der Waals surface area contributed by atoms with Crippen molar-refractivity contribution in [1.82, 2.24) is 0 Å². The zero-order valence-electron chi connectivity index (χ0n) is 16.8. The molecule has 0 aromatic rings. The molecule has 0 N–H and O–H groups in total. The first-order chi connectivity index (χ1) is 11.2. The number of halogens is 3. The molecule has 1 rings (SSSR count). The van der Waals surface area contributed by atoms with E-state index < -0.39 is 48.5 Å². The highest BCUT2D eigenvalue weighted by Crippen LogP contribution is 2.79. The molecule has 26 heavy (non-hydrogen) atoms. The van der Waals surface area contributed by atoms with Crippen molar-refractivity contribution in [3.05, 3.63) is 11.8 Å². The second-order valence-corrected chi connectivity index (χ2v) is 10.8. The Balaban J connectivity index is 3.83. The molecule has 0 spiro atoms. The third-order valence-corrected chi connectivity index (χ3v) is 9.32. The minimum Gasteiger partial charge on any atom is -0.379 e. The Hall–Kier alpha value is -1.23. The molecule has 1 aliphatic carbocycles. The molecular weight excluding hydrogens is 367 g/mol. The zero-order chi connectivity index (χ0) is 21.2. The molecule has 8 heteroatoms. The van der Waals surface area contributed by atoms with Crippen LogP contribution in [-0.4, -0.2) is 13.9 Å². The monoisotopic (exact) mass is 395 g/mol. The number of nitrogens with zero attached hydrogens (tertiary/aromatic N) is 1. The lowest BCUT2D eigenvalue weighted by molar-refractivity contribution is -0.0584. The lowest BCUT2D eigenvalue weighted by atomic mass is 9.55. The van der Waals surface area contributed by atoms with Crippen LogP contribution in [0.2, 0.25) is 0 Å². The van der Waals surface area contributed by atoms with Crippen LogP contribution in [0, 0.1) is 38.4 Å². The summed E-state index contributed by atoms with van der Waals surface area (Å²) in [7, 11) is -5.89. The van der Waals surface area contributed by atoms with Gasteiger partial charge in [0.15, 0.2) is 0 Å². The lowest BCUT2D eigenvalue weighted by Crippen LogP contribution is -2.46. The first-order valence-corrected chi connectivity index (χ1v) is 9.68. The van der Waals surface area contributed by atoms with E-state index in [1.165, 1.54) is 0 Å².